The number of hydrogen-bond donors (Lipinski definition) is 3. The number of aliphatic carboxylic acids is 1. The van der Waals surface area contributed by atoms with E-state index in [9.17, 15) is 9.90 Å². The second kappa shape index (κ2) is 10.7. The molecule has 8 heteroatoms. The van der Waals surface area contributed by atoms with E-state index >= 15 is 0 Å². The van der Waals surface area contributed by atoms with E-state index < -0.39 is 5.97 Å². The average molecular weight is 626 g/mol. The van der Waals surface area contributed by atoms with E-state index in [4.69, 9.17) is 10.2 Å². The number of halogens is 3. The summed E-state index contributed by atoms with van der Waals surface area (Å²) in [6.07, 6.45) is 2.38. The van der Waals surface area contributed by atoms with Crippen LogP contribution in [0.2, 0.25) is 0 Å². The predicted octanol–water partition coefficient (Wildman–Crippen LogP) is 3.64. The van der Waals surface area contributed by atoms with Crippen molar-refractivity contribution in [3.8, 4) is 5.75 Å². The Morgan fingerprint density at radius 1 is 1.33 bits per heavy atom. The second-order valence-electron chi connectivity index (χ2n) is 2.91. The fourth-order valence-electron chi connectivity index (χ4n) is 1.00. The van der Waals surface area contributed by atoms with Gasteiger partial charge in [0, 0.05) is 11.6 Å². The van der Waals surface area contributed by atoms with Gasteiger partial charge in [0.2, 0.25) is 0 Å². The molecular weight excluding hydrogens is 616 g/mol. The van der Waals surface area contributed by atoms with Crippen molar-refractivity contribution in [3.63, 3.8) is 0 Å². The molecule has 0 spiro atoms. The quantitative estimate of drug-likeness (QED) is 0.354. The minimum absolute atomic E-state index is 0.0000231. The summed E-state index contributed by atoms with van der Waals surface area (Å²) in [7, 11) is 0. The molecule has 1 aromatic rings. The number of rotatable bonds is 3. The molecule has 0 saturated heterocycles. The van der Waals surface area contributed by atoms with Gasteiger partial charge in [-0.2, -0.15) is 0 Å². The van der Waals surface area contributed by atoms with Crippen LogP contribution in [-0.4, -0.2) is 21.3 Å². The molecule has 0 radical (unpaired) electrons. The molecule has 0 aromatic heterocycles. The number of aliphatic hydroxyl groups is 1. The van der Waals surface area contributed by atoms with Gasteiger partial charge in [0.25, 0.3) is 0 Å². The van der Waals surface area contributed by atoms with Crippen LogP contribution in [0.25, 0.3) is 6.08 Å². The van der Waals surface area contributed by atoms with Gasteiger partial charge >= 0.3 is 70.8 Å². The first kappa shape index (κ1) is 19.0. The Morgan fingerprint density at radius 2 is 1.89 bits per heavy atom. The Morgan fingerprint density at radius 3 is 2.33 bits per heavy atom. The summed E-state index contributed by atoms with van der Waals surface area (Å²) in [6.45, 7) is -0.277. The van der Waals surface area contributed by atoms with E-state index in [0.717, 1.165) is 6.08 Å². The van der Waals surface area contributed by atoms with Crippen molar-refractivity contribution < 1.29 is 25.0 Å². The third-order valence-corrected chi connectivity index (χ3v) is 1.69. The number of carboxylic acid groups (broad SMARTS) is 1. The van der Waals surface area contributed by atoms with Crippen molar-refractivity contribution in [2.45, 2.75) is 6.61 Å². The minimum atomic E-state index is -1.04. The van der Waals surface area contributed by atoms with Crippen molar-refractivity contribution in [1.82, 2.24) is 0 Å². The molecule has 4 nitrogen and oxygen atoms in total. The van der Waals surface area contributed by atoms with Crippen molar-refractivity contribution in [1.29, 1.82) is 0 Å². The molecule has 0 saturated carbocycles. The van der Waals surface area contributed by atoms with Crippen LogP contribution in [0.5, 0.6) is 5.75 Å². The van der Waals surface area contributed by atoms with Crippen LogP contribution >= 0.6 is 59.9 Å². The number of hydrogen-bond acceptors (Lipinski definition) is 3. The summed E-state index contributed by atoms with van der Waals surface area (Å²) in [4.78, 5) is 9.93. The molecular formula is C10H10I3O4V. The van der Waals surface area contributed by atoms with Crippen molar-refractivity contribution in [2.24, 2.45) is 0 Å². The van der Waals surface area contributed by atoms with E-state index in [1.165, 1.54) is 18.2 Å². The molecule has 0 fully saturated rings. The SMILES string of the molecule is O=C(O)/C=C/c1ccc(O)c(CO)c1.[I][V]([I])[I]. The Hall–Kier alpha value is 0.964. The fourth-order valence-corrected chi connectivity index (χ4v) is 1.00. The Kier molecular flexibility index (Phi) is 11.3. The maximum atomic E-state index is 10.2. The van der Waals surface area contributed by atoms with Crippen LogP contribution in [0.15, 0.2) is 24.3 Å². The Balaban J connectivity index is 0.000000631. The molecule has 1 rings (SSSR count). The second-order valence-corrected chi connectivity index (χ2v) is 38.3. The predicted molar refractivity (Wildman–Crippen MR) is 92.8 cm³/mol. The molecule has 0 amide bonds. The van der Waals surface area contributed by atoms with Crippen molar-refractivity contribution in [3.05, 3.63) is 35.4 Å². The number of phenols is 1. The summed E-state index contributed by atoms with van der Waals surface area (Å²) in [5, 5.41) is 26.4. The number of carbonyl (C=O) groups is 1. The van der Waals surface area contributed by atoms with Gasteiger partial charge in [0.05, 0.1) is 6.61 Å². The standard InChI is InChI=1S/C10H10O4.3HI.V/c11-6-8-5-7(1-3-9(8)12)2-4-10(13)14;;;;/h1-5,11-12H,6H2,(H,13,14);3*1H;/q;;;;+3/p-3/b4-2+;;;;. The molecule has 100 valence electrons. The first-order valence-electron chi connectivity index (χ1n) is 4.48. The first-order chi connectivity index (χ1) is 8.36. The van der Waals surface area contributed by atoms with Gasteiger partial charge in [-0.25, -0.2) is 4.79 Å². The molecule has 18 heavy (non-hydrogen) atoms. The number of benzene rings is 1. The van der Waals surface area contributed by atoms with Gasteiger partial charge in [-0.05, 0) is 23.8 Å². The van der Waals surface area contributed by atoms with Gasteiger partial charge in [-0.15, -0.1) is 0 Å². The van der Waals surface area contributed by atoms with Gasteiger partial charge in [-0.1, -0.05) is 6.07 Å². The van der Waals surface area contributed by atoms with Crippen LogP contribution in [0.4, 0.5) is 0 Å². The molecule has 0 atom stereocenters. The van der Waals surface area contributed by atoms with Crippen LogP contribution in [0.1, 0.15) is 11.1 Å². The van der Waals surface area contributed by atoms with Crippen LogP contribution in [0.3, 0.4) is 0 Å². The zero-order valence-corrected chi connectivity index (χ0v) is 16.8. The summed E-state index contributed by atoms with van der Waals surface area (Å²) in [5.74, 6) is -1.04. The van der Waals surface area contributed by atoms with Crippen LogP contribution < -0.4 is 0 Å². The van der Waals surface area contributed by atoms with Crippen LogP contribution in [0, 0.1) is 0 Å². The summed E-state index contributed by atoms with van der Waals surface area (Å²) in [5.41, 5.74) is 0.992. The summed E-state index contributed by atoms with van der Waals surface area (Å²) in [6, 6.07) is 4.50. The summed E-state index contributed by atoms with van der Waals surface area (Å²) < 4.78 is 0. The van der Waals surface area contributed by atoms with Gasteiger partial charge in [0.15, 0.2) is 0 Å². The molecule has 0 aliphatic rings. The van der Waals surface area contributed by atoms with Gasteiger partial charge in [0.1, 0.15) is 5.75 Å². The van der Waals surface area contributed by atoms with Gasteiger partial charge in [-0.3, -0.25) is 0 Å². The number of aliphatic hydroxyl groups excluding tert-OH is 1. The maximum absolute atomic E-state index is 10.2. The molecule has 0 unspecified atom stereocenters. The molecule has 0 aliphatic carbocycles. The molecule has 3 N–H and O–H groups in total. The molecule has 0 aliphatic heterocycles. The van der Waals surface area contributed by atoms with E-state index in [1.807, 2.05) is 0 Å². The van der Waals surface area contributed by atoms with Crippen molar-refractivity contribution >= 4 is 72.0 Å². The van der Waals surface area contributed by atoms with Crippen molar-refractivity contribution in [2.75, 3.05) is 0 Å². The fraction of sp³-hybridized carbons (Fsp3) is 0.100. The normalized spacial score (nSPS) is 10.3. The van der Waals surface area contributed by atoms with E-state index in [-0.39, 0.29) is 17.3 Å². The van der Waals surface area contributed by atoms with E-state index in [1.54, 1.807) is 6.07 Å². The van der Waals surface area contributed by atoms with Gasteiger partial charge < -0.3 is 15.3 Å². The number of carboxylic acids is 1. The Labute approximate surface area is 143 Å². The first-order valence-corrected chi connectivity index (χ1v) is 18.0. The Bertz CT molecular complexity index is 421. The third-order valence-electron chi connectivity index (χ3n) is 1.69. The van der Waals surface area contributed by atoms with E-state index in [0.29, 0.717) is 11.1 Å². The molecule has 1 aromatic carbocycles. The monoisotopic (exact) mass is 626 g/mol. The number of aromatic hydroxyl groups is 1. The molecule has 0 bridgehead atoms. The molecule has 0 heterocycles. The zero-order chi connectivity index (χ0) is 14.1. The van der Waals surface area contributed by atoms with Crippen LogP contribution in [-0.2, 0) is 16.3 Å². The van der Waals surface area contributed by atoms with E-state index in [2.05, 4.69) is 59.9 Å². The topological polar surface area (TPSA) is 77.8 Å². The third kappa shape index (κ3) is 9.84. The zero-order valence-electron chi connectivity index (χ0n) is 8.92. The average Bonchev–Trinajstić information content (AvgIpc) is 2.27. The summed E-state index contributed by atoms with van der Waals surface area (Å²) >= 11 is 7.39.